The van der Waals surface area contributed by atoms with E-state index in [1.165, 1.54) is 31.2 Å². The maximum atomic E-state index is 12.8. The molecule has 1 saturated carbocycles. The summed E-state index contributed by atoms with van der Waals surface area (Å²) in [5, 5.41) is 15.8. The van der Waals surface area contributed by atoms with E-state index in [9.17, 15) is 4.79 Å². The Labute approximate surface area is 251 Å². The first-order valence-electron chi connectivity index (χ1n) is 15.3. The van der Waals surface area contributed by atoms with Crippen LogP contribution in [-0.2, 0) is 9.53 Å². The number of rotatable bonds is 10. The van der Waals surface area contributed by atoms with Gasteiger partial charge in [-0.3, -0.25) is 14.8 Å². The number of nitrogens with one attached hydrogen (secondary N) is 3. The number of carbonyl (C=O) groups excluding carboxylic acids is 1. The van der Waals surface area contributed by atoms with E-state index in [0.29, 0.717) is 31.5 Å². The van der Waals surface area contributed by atoms with Crippen molar-refractivity contribution in [2.75, 3.05) is 43.5 Å². The Balaban J connectivity index is 1.20. The third-order valence-corrected chi connectivity index (χ3v) is 8.58. The highest BCUT2D eigenvalue weighted by atomic mass is 16.5. The molecule has 43 heavy (non-hydrogen) atoms. The Kier molecular flexibility index (Phi) is 7.74. The van der Waals surface area contributed by atoms with Gasteiger partial charge in [-0.15, -0.1) is 0 Å². The minimum absolute atomic E-state index is 0.0414. The van der Waals surface area contributed by atoms with Crippen molar-refractivity contribution in [3.05, 3.63) is 72.4 Å². The Morgan fingerprint density at radius 1 is 1.05 bits per heavy atom. The summed E-state index contributed by atoms with van der Waals surface area (Å²) in [6.45, 7) is 5.47. The molecular weight excluding hydrogens is 538 g/mol. The number of fused-ring (bicyclic) bond motifs is 2. The van der Waals surface area contributed by atoms with Gasteiger partial charge in [-0.05, 0) is 72.7 Å². The number of nitrogens with zero attached hydrogens (tertiary/aromatic N) is 4. The first-order valence-corrected chi connectivity index (χ1v) is 15.3. The molecule has 1 amide bonds. The molecular formula is C34H37N7O2. The number of hydrogen-bond donors (Lipinski definition) is 3. The quantitative estimate of drug-likeness (QED) is 0.175. The first-order chi connectivity index (χ1) is 21.1. The summed E-state index contributed by atoms with van der Waals surface area (Å²) >= 11 is 0. The molecule has 9 nitrogen and oxygen atoms in total. The van der Waals surface area contributed by atoms with Crippen LogP contribution in [0.4, 0.5) is 17.2 Å². The van der Waals surface area contributed by atoms with Crippen LogP contribution in [0.15, 0.2) is 66.9 Å². The van der Waals surface area contributed by atoms with Crippen LogP contribution in [0.2, 0.25) is 0 Å². The van der Waals surface area contributed by atoms with Gasteiger partial charge in [-0.1, -0.05) is 38.0 Å². The summed E-state index contributed by atoms with van der Waals surface area (Å²) in [5.74, 6) is 2.71. The van der Waals surface area contributed by atoms with Gasteiger partial charge in [0, 0.05) is 40.8 Å². The normalized spacial score (nSPS) is 18.6. The second kappa shape index (κ2) is 12.1. The van der Waals surface area contributed by atoms with Gasteiger partial charge in [-0.25, -0.2) is 9.97 Å². The minimum Gasteiger partial charge on any atom is -0.379 e. The number of aromatic nitrogens is 4. The number of morpholine rings is 1. The standard InChI is InChI=1S/C34H37N7O2/c1-2-3-5-22-18-28(22)23-8-10-31-29(19-23)34(37-27-9-11-30-25(17-27)20-35-40-30)39-33(38-31)24-6-4-7-26(16-24)36-32(42)21-41-12-14-43-15-13-41/h4,6-11,16-17,19-20,22,28H,2-3,5,12-15,18,21H2,1H3,(H,35,40)(H,36,42)(H,37,38,39)/t22?,28-/m1/s1. The molecule has 2 atom stereocenters. The molecule has 1 saturated heterocycles. The van der Waals surface area contributed by atoms with Gasteiger partial charge in [0.1, 0.15) is 5.82 Å². The van der Waals surface area contributed by atoms with Crippen LogP contribution in [0.3, 0.4) is 0 Å². The average Bonchev–Trinajstić information content (AvgIpc) is 3.66. The lowest BCUT2D eigenvalue weighted by molar-refractivity contribution is -0.118. The van der Waals surface area contributed by atoms with E-state index in [4.69, 9.17) is 14.7 Å². The van der Waals surface area contributed by atoms with Crippen LogP contribution in [0.1, 0.15) is 44.1 Å². The van der Waals surface area contributed by atoms with E-state index in [0.717, 1.165) is 63.6 Å². The maximum absolute atomic E-state index is 12.8. The van der Waals surface area contributed by atoms with E-state index in [1.54, 1.807) is 0 Å². The summed E-state index contributed by atoms with van der Waals surface area (Å²) in [6.07, 6.45) is 6.91. The van der Waals surface area contributed by atoms with E-state index >= 15 is 0 Å². The molecule has 0 spiro atoms. The Bertz CT molecular complexity index is 1760. The summed E-state index contributed by atoms with van der Waals surface area (Å²) in [4.78, 5) is 24.9. The number of hydrogen-bond acceptors (Lipinski definition) is 7. The largest absolute Gasteiger partial charge is 0.379 e. The molecule has 0 radical (unpaired) electrons. The Morgan fingerprint density at radius 2 is 1.95 bits per heavy atom. The highest BCUT2D eigenvalue weighted by Crippen LogP contribution is 2.51. The highest BCUT2D eigenvalue weighted by Gasteiger charge is 2.37. The fourth-order valence-electron chi connectivity index (χ4n) is 6.10. The average molecular weight is 576 g/mol. The molecule has 3 heterocycles. The molecule has 2 fully saturated rings. The van der Waals surface area contributed by atoms with Crippen molar-refractivity contribution in [2.45, 2.75) is 38.5 Å². The smallest absolute Gasteiger partial charge is 0.238 e. The number of H-pyrrole nitrogens is 1. The zero-order chi connectivity index (χ0) is 29.2. The summed E-state index contributed by atoms with van der Waals surface area (Å²) in [5.41, 5.74) is 5.73. The molecule has 1 aliphatic heterocycles. The van der Waals surface area contributed by atoms with Crippen LogP contribution >= 0.6 is 0 Å². The van der Waals surface area contributed by atoms with Gasteiger partial charge in [0.15, 0.2) is 5.82 Å². The van der Waals surface area contributed by atoms with Crippen molar-refractivity contribution < 1.29 is 9.53 Å². The lowest BCUT2D eigenvalue weighted by Gasteiger charge is -2.25. The summed E-state index contributed by atoms with van der Waals surface area (Å²) in [6, 6.07) is 20.5. The molecule has 7 rings (SSSR count). The molecule has 9 heteroatoms. The van der Waals surface area contributed by atoms with Crippen LogP contribution in [0.25, 0.3) is 33.2 Å². The second-order valence-electron chi connectivity index (χ2n) is 11.7. The van der Waals surface area contributed by atoms with E-state index in [2.05, 4.69) is 56.9 Å². The zero-order valence-electron chi connectivity index (χ0n) is 24.5. The van der Waals surface area contributed by atoms with Crippen molar-refractivity contribution in [2.24, 2.45) is 5.92 Å². The predicted molar refractivity (Wildman–Crippen MR) is 171 cm³/mol. The lowest BCUT2D eigenvalue weighted by Crippen LogP contribution is -2.41. The van der Waals surface area contributed by atoms with Gasteiger partial charge in [-0.2, -0.15) is 5.10 Å². The van der Waals surface area contributed by atoms with Crippen molar-refractivity contribution >= 4 is 44.9 Å². The van der Waals surface area contributed by atoms with Crippen LogP contribution in [0, 0.1) is 5.92 Å². The highest BCUT2D eigenvalue weighted by molar-refractivity contribution is 5.95. The fraction of sp³-hybridized carbons (Fsp3) is 0.353. The third-order valence-electron chi connectivity index (χ3n) is 8.58. The van der Waals surface area contributed by atoms with E-state index in [1.807, 2.05) is 42.6 Å². The molecule has 1 aliphatic carbocycles. The molecule has 3 N–H and O–H groups in total. The van der Waals surface area contributed by atoms with E-state index in [-0.39, 0.29) is 5.91 Å². The number of amides is 1. The minimum atomic E-state index is -0.0414. The molecule has 2 aliphatic rings. The lowest BCUT2D eigenvalue weighted by atomic mass is 10.0. The monoisotopic (exact) mass is 575 g/mol. The van der Waals surface area contributed by atoms with Crippen molar-refractivity contribution in [3.8, 4) is 11.4 Å². The van der Waals surface area contributed by atoms with Crippen LogP contribution in [0.5, 0.6) is 0 Å². The van der Waals surface area contributed by atoms with Gasteiger partial charge in [0.2, 0.25) is 5.91 Å². The molecule has 5 aromatic rings. The predicted octanol–water partition coefficient (Wildman–Crippen LogP) is 6.48. The van der Waals surface area contributed by atoms with Crippen molar-refractivity contribution in [1.82, 2.24) is 25.1 Å². The summed E-state index contributed by atoms with van der Waals surface area (Å²) < 4.78 is 5.40. The maximum Gasteiger partial charge on any atom is 0.238 e. The Hall–Kier alpha value is -4.34. The molecule has 0 bridgehead atoms. The SMILES string of the molecule is CCCCC1C[C@H]1c1ccc2nc(-c3cccc(NC(=O)CN4CCOCC4)c3)nc(Nc3ccc4[nH]ncc4c3)c2c1. The van der Waals surface area contributed by atoms with Crippen molar-refractivity contribution in [1.29, 1.82) is 0 Å². The zero-order valence-corrected chi connectivity index (χ0v) is 24.5. The molecule has 2 aromatic heterocycles. The van der Waals surface area contributed by atoms with Crippen LogP contribution in [-0.4, -0.2) is 63.8 Å². The van der Waals surface area contributed by atoms with Gasteiger partial charge in [0.25, 0.3) is 0 Å². The van der Waals surface area contributed by atoms with Crippen LogP contribution < -0.4 is 10.6 Å². The van der Waals surface area contributed by atoms with Gasteiger partial charge >= 0.3 is 0 Å². The number of anilines is 3. The third kappa shape index (κ3) is 6.23. The number of benzene rings is 3. The van der Waals surface area contributed by atoms with Crippen molar-refractivity contribution in [3.63, 3.8) is 0 Å². The summed E-state index contributed by atoms with van der Waals surface area (Å²) in [7, 11) is 0. The van der Waals surface area contributed by atoms with Gasteiger partial charge < -0.3 is 15.4 Å². The Morgan fingerprint density at radius 3 is 2.84 bits per heavy atom. The topological polar surface area (TPSA) is 108 Å². The van der Waals surface area contributed by atoms with E-state index < -0.39 is 0 Å². The number of aromatic amines is 1. The second-order valence-corrected chi connectivity index (χ2v) is 11.7. The number of unbranched alkanes of at least 4 members (excludes halogenated alkanes) is 1. The number of ether oxygens (including phenoxy) is 1. The molecule has 3 aromatic carbocycles. The fourth-order valence-corrected chi connectivity index (χ4v) is 6.10. The van der Waals surface area contributed by atoms with Gasteiger partial charge in [0.05, 0.1) is 37.0 Å². The molecule has 1 unspecified atom stereocenters. The molecule has 220 valence electrons. The number of carbonyl (C=O) groups is 1. The first kappa shape index (κ1) is 27.5.